The molecule has 0 atom stereocenters. The lowest BCUT2D eigenvalue weighted by Crippen LogP contribution is -2.43. The van der Waals surface area contributed by atoms with E-state index in [9.17, 15) is 8.42 Å². The van der Waals surface area contributed by atoms with Gasteiger partial charge in [0.25, 0.3) is 0 Å². The molecule has 3 N–H and O–H groups in total. The fourth-order valence-electron chi connectivity index (χ4n) is 3.89. The Morgan fingerprint density at radius 2 is 1.88 bits per heavy atom. The minimum atomic E-state index is -3.59. The molecule has 0 amide bonds. The van der Waals surface area contributed by atoms with E-state index >= 15 is 0 Å². The van der Waals surface area contributed by atoms with E-state index in [-0.39, 0.29) is 4.90 Å². The number of aromatic nitrogens is 1. The zero-order chi connectivity index (χ0) is 22.4. The molecule has 172 valence electrons. The van der Waals surface area contributed by atoms with Crippen LogP contribution in [0.5, 0.6) is 5.75 Å². The molecule has 9 heteroatoms. The highest BCUT2D eigenvalue weighted by Crippen LogP contribution is 2.23. The monoisotopic (exact) mass is 476 g/mol. The first-order valence-electron chi connectivity index (χ1n) is 10.9. The molecule has 32 heavy (non-hydrogen) atoms. The average molecular weight is 477 g/mol. The van der Waals surface area contributed by atoms with Crippen molar-refractivity contribution < 1.29 is 13.2 Å². The SMILES string of the molecule is O=S(=O)(NCCc1c[nH]c2ccc(Cl)cc12)c1ccc(OCCCN2CCNCC2)cc1. The number of hydrogen-bond donors (Lipinski definition) is 3. The molecular formula is C23H29ClN4O3S. The molecule has 3 aromatic rings. The average Bonchev–Trinajstić information content (AvgIpc) is 3.20. The van der Waals surface area contributed by atoms with Gasteiger partial charge in [-0.1, -0.05) is 11.6 Å². The molecule has 1 aromatic heterocycles. The largest absolute Gasteiger partial charge is 0.494 e. The van der Waals surface area contributed by atoms with Crippen molar-refractivity contribution in [3.63, 3.8) is 0 Å². The maximum atomic E-state index is 12.6. The standard InChI is InChI=1S/C23H29ClN4O3S/c24-19-2-7-23-22(16-19)18(17-26-23)8-9-27-32(29,30)21-5-3-20(4-6-21)31-15-1-12-28-13-10-25-11-14-28/h2-7,16-17,25-27H,1,8-15H2. The van der Waals surface area contributed by atoms with E-state index in [1.54, 1.807) is 24.3 Å². The zero-order valence-electron chi connectivity index (χ0n) is 17.9. The number of H-pyrrole nitrogens is 1. The smallest absolute Gasteiger partial charge is 0.240 e. The van der Waals surface area contributed by atoms with E-state index < -0.39 is 10.0 Å². The van der Waals surface area contributed by atoms with Crippen LogP contribution in [0.1, 0.15) is 12.0 Å². The molecule has 2 heterocycles. The summed E-state index contributed by atoms with van der Waals surface area (Å²) in [5.41, 5.74) is 2.01. The molecule has 0 spiro atoms. The Hall–Kier alpha value is -2.10. The van der Waals surface area contributed by atoms with E-state index in [0.717, 1.165) is 55.6 Å². The Labute approximate surface area is 194 Å². The van der Waals surface area contributed by atoms with Crippen molar-refractivity contribution in [2.24, 2.45) is 0 Å². The highest BCUT2D eigenvalue weighted by Gasteiger charge is 2.14. The van der Waals surface area contributed by atoms with Gasteiger partial charge in [-0.2, -0.15) is 0 Å². The van der Waals surface area contributed by atoms with Crippen molar-refractivity contribution in [1.82, 2.24) is 19.9 Å². The van der Waals surface area contributed by atoms with E-state index in [4.69, 9.17) is 16.3 Å². The Bertz CT molecular complexity index is 1130. The van der Waals surface area contributed by atoms with Gasteiger partial charge in [-0.3, -0.25) is 0 Å². The van der Waals surface area contributed by atoms with Crippen LogP contribution in [-0.2, 0) is 16.4 Å². The fourth-order valence-corrected chi connectivity index (χ4v) is 5.09. The molecule has 0 aliphatic carbocycles. The minimum Gasteiger partial charge on any atom is -0.494 e. The second kappa shape index (κ2) is 10.7. The second-order valence-electron chi connectivity index (χ2n) is 7.92. The number of aromatic amines is 1. The van der Waals surface area contributed by atoms with Crippen molar-refractivity contribution in [3.05, 3.63) is 59.2 Å². The quantitative estimate of drug-likeness (QED) is 0.391. The Morgan fingerprint density at radius 3 is 2.66 bits per heavy atom. The first-order chi connectivity index (χ1) is 15.5. The van der Waals surface area contributed by atoms with Gasteiger partial charge in [0.15, 0.2) is 0 Å². The van der Waals surface area contributed by atoms with Gasteiger partial charge in [-0.15, -0.1) is 0 Å². The van der Waals surface area contributed by atoms with Crippen molar-refractivity contribution in [3.8, 4) is 5.75 Å². The van der Waals surface area contributed by atoms with Gasteiger partial charge in [-0.25, -0.2) is 13.1 Å². The molecule has 1 aliphatic heterocycles. The number of hydrogen-bond acceptors (Lipinski definition) is 5. The van der Waals surface area contributed by atoms with Crippen LogP contribution in [0.15, 0.2) is 53.6 Å². The third-order valence-electron chi connectivity index (χ3n) is 5.65. The van der Waals surface area contributed by atoms with E-state index in [1.165, 1.54) is 0 Å². The van der Waals surface area contributed by atoms with Crippen molar-refractivity contribution in [1.29, 1.82) is 0 Å². The Kier molecular flexibility index (Phi) is 7.70. The lowest BCUT2D eigenvalue weighted by molar-refractivity contribution is 0.214. The number of halogens is 1. The second-order valence-corrected chi connectivity index (χ2v) is 10.1. The van der Waals surface area contributed by atoms with Crippen LogP contribution >= 0.6 is 11.6 Å². The number of rotatable bonds is 10. The van der Waals surface area contributed by atoms with Gasteiger partial charge >= 0.3 is 0 Å². The lowest BCUT2D eigenvalue weighted by atomic mass is 10.1. The summed E-state index contributed by atoms with van der Waals surface area (Å²) in [5, 5.41) is 5.01. The predicted molar refractivity (Wildman–Crippen MR) is 128 cm³/mol. The summed E-state index contributed by atoms with van der Waals surface area (Å²) in [5.74, 6) is 0.680. The zero-order valence-corrected chi connectivity index (χ0v) is 19.5. The van der Waals surface area contributed by atoms with Crippen LogP contribution in [0.25, 0.3) is 10.9 Å². The molecule has 4 rings (SSSR count). The predicted octanol–water partition coefficient (Wildman–Crippen LogP) is 3.02. The fraction of sp³-hybridized carbons (Fsp3) is 0.391. The van der Waals surface area contributed by atoms with Gasteiger partial charge < -0.3 is 19.9 Å². The van der Waals surface area contributed by atoms with Crippen LogP contribution in [0.4, 0.5) is 0 Å². The van der Waals surface area contributed by atoms with Gasteiger partial charge in [0.2, 0.25) is 10.0 Å². The Balaban J connectivity index is 1.24. The maximum absolute atomic E-state index is 12.6. The van der Waals surface area contributed by atoms with Crippen LogP contribution < -0.4 is 14.8 Å². The number of nitrogens with zero attached hydrogens (tertiary/aromatic N) is 1. The number of nitrogens with one attached hydrogen (secondary N) is 3. The van der Waals surface area contributed by atoms with Crippen LogP contribution in [-0.4, -0.2) is 64.2 Å². The number of piperazine rings is 1. The normalized spacial score (nSPS) is 15.3. The summed E-state index contributed by atoms with van der Waals surface area (Å²) in [4.78, 5) is 5.84. The van der Waals surface area contributed by atoms with E-state index in [0.29, 0.717) is 30.3 Å². The van der Waals surface area contributed by atoms with Crippen molar-refractivity contribution in [2.45, 2.75) is 17.7 Å². The molecule has 2 aromatic carbocycles. The molecule has 0 bridgehead atoms. The molecule has 1 saturated heterocycles. The number of sulfonamides is 1. The minimum absolute atomic E-state index is 0.229. The van der Waals surface area contributed by atoms with Crippen molar-refractivity contribution >= 4 is 32.5 Å². The summed E-state index contributed by atoms with van der Waals surface area (Å²) in [7, 11) is -3.59. The summed E-state index contributed by atoms with van der Waals surface area (Å²) < 4.78 is 33.7. The first-order valence-corrected chi connectivity index (χ1v) is 12.8. The lowest BCUT2D eigenvalue weighted by Gasteiger charge is -2.26. The van der Waals surface area contributed by atoms with Crippen LogP contribution in [0, 0.1) is 0 Å². The van der Waals surface area contributed by atoms with Gasteiger partial charge in [-0.05, 0) is 60.9 Å². The van der Waals surface area contributed by atoms with Crippen LogP contribution in [0.2, 0.25) is 5.02 Å². The molecular weight excluding hydrogens is 448 g/mol. The van der Waals surface area contributed by atoms with Gasteiger partial charge in [0, 0.05) is 61.4 Å². The van der Waals surface area contributed by atoms with Gasteiger partial charge in [0.05, 0.1) is 11.5 Å². The van der Waals surface area contributed by atoms with E-state index in [2.05, 4.69) is 19.9 Å². The summed E-state index contributed by atoms with van der Waals surface area (Å²) in [6, 6.07) is 12.2. The van der Waals surface area contributed by atoms with E-state index in [1.807, 2.05) is 24.4 Å². The number of benzene rings is 2. The third-order valence-corrected chi connectivity index (χ3v) is 7.36. The van der Waals surface area contributed by atoms with Gasteiger partial charge in [0.1, 0.15) is 5.75 Å². The molecule has 0 radical (unpaired) electrons. The third kappa shape index (κ3) is 6.02. The molecule has 0 unspecified atom stereocenters. The summed E-state index contributed by atoms with van der Waals surface area (Å²) in [6.07, 6.45) is 3.40. The molecule has 1 fully saturated rings. The summed E-state index contributed by atoms with van der Waals surface area (Å²) in [6.45, 7) is 6.17. The van der Waals surface area contributed by atoms with Crippen LogP contribution in [0.3, 0.4) is 0 Å². The highest BCUT2D eigenvalue weighted by molar-refractivity contribution is 7.89. The van der Waals surface area contributed by atoms with Crippen molar-refractivity contribution in [2.75, 3.05) is 45.9 Å². The maximum Gasteiger partial charge on any atom is 0.240 e. The number of ether oxygens (including phenoxy) is 1. The molecule has 1 aliphatic rings. The Morgan fingerprint density at radius 1 is 1.09 bits per heavy atom. The number of fused-ring (bicyclic) bond motifs is 1. The summed E-state index contributed by atoms with van der Waals surface area (Å²) >= 11 is 6.08. The first kappa shape index (κ1) is 23.1. The highest BCUT2D eigenvalue weighted by atomic mass is 35.5. The molecule has 0 saturated carbocycles. The topological polar surface area (TPSA) is 86.5 Å². The molecule has 7 nitrogen and oxygen atoms in total.